The van der Waals surface area contributed by atoms with Gasteiger partial charge in [0.2, 0.25) is 0 Å². The van der Waals surface area contributed by atoms with E-state index in [1.54, 1.807) is 24.3 Å². The number of hydrogen-bond acceptors (Lipinski definition) is 6. The molecule has 0 unspecified atom stereocenters. The molecule has 1 saturated heterocycles. The van der Waals surface area contributed by atoms with Crippen LogP contribution in [0.1, 0.15) is 43.0 Å². The lowest BCUT2D eigenvalue weighted by Crippen LogP contribution is -2.43. The second kappa shape index (κ2) is 10.4. The predicted octanol–water partition coefficient (Wildman–Crippen LogP) is 2.97. The Labute approximate surface area is 195 Å². The van der Waals surface area contributed by atoms with Crippen molar-refractivity contribution in [3.63, 3.8) is 0 Å². The van der Waals surface area contributed by atoms with Gasteiger partial charge in [-0.15, -0.1) is 0 Å². The minimum Gasteiger partial charge on any atom is -0.494 e. The van der Waals surface area contributed by atoms with Crippen molar-refractivity contribution in [2.75, 3.05) is 42.4 Å². The van der Waals surface area contributed by atoms with Crippen LogP contribution in [0.4, 0.5) is 11.4 Å². The molecule has 0 aromatic heterocycles. The average Bonchev–Trinajstić information content (AvgIpc) is 3.33. The van der Waals surface area contributed by atoms with Crippen LogP contribution in [0, 0.1) is 0 Å². The lowest BCUT2D eigenvalue weighted by atomic mass is 10.1. The van der Waals surface area contributed by atoms with Crippen molar-refractivity contribution >= 4 is 27.3 Å². The Morgan fingerprint density at radius 1 is 1.09 bits per heavy atom. The molecule has 1 aliphatic heterocycles. The van der Waals surface area contributed by atoms with Crippen molar-refractivity contribution in [3.8, 4) is 5.75 Å². The number of hydrogen-bond donors (Lipinski definition) is 3. The molecule has 0 atom stereocenters. The molecule has 2 aromatic rings. The summed E-state index contributed by atoms with van der Waals surface area (Å²) in [6.07, 6.45) is 4.23. The number of carbonyl (C=O) groups is 1. The van der Waals surface area contributed by atoms with Gasteiger partial charge in [0, 0.05) is 37.8 Å². The van der Waals surface area contributed by atoms with Crippen LogP contribution in [0.25, 0.3) is 0 Å². The van der Waals surface area contributed by atoms with Gasteiger partial charge in [0.15, 0.2) is 0 Å². The molecule has 4 rings (SSSR count). The number of rotatable bonds is 8. The van der Waals surface area contributed by atoms with Gasteiger partial charge in [-0.05, 0) is 62.2 Å². The van der Waals surface area contributed by atoms with Gasteiger partial charge in [0.25, 0.3) is 15.9 Å². The second-order valence-corrected chi connectivity index (χ2v) is 10.1. The molecule has 0 spiro atoms. The number of sulfonamides is 1. The van der Waals surface area contributed by atoms with Crippen LogP contribution in [0.15, 0.2) is 47.4 Å². The van der Waals surface area contributed by atoms with Crippen LogP contribution >= 0.6 is 0 Å². The van der Waals surface area contributed by atoms with E-state index in [-0.39, 0.29) is 16.8 Å². The number of nitrogens with one attached hydrogen (secondary N) is 3. The lowest BCUT2D eigenvalue weighted by molar-refractivity contribution is 0.0938. The molecule has 33 heavy (non-hydrogen) atoms. The maximum absolute atomic E-state index is 13.2. The summed E-state index contributed by atoms with van der Waals surface area (Å²) in [6.45, 7) is 5.52. The monoisotopic (exact) mass is 472 g/mol. The van der Waals surface area contributed by atoms with E-state index < -0.39 is 10.0 Å². The molecule has 0 bridgehead atoms. The van der Waals surface area contributed by atoms with E-state index in [0.29, 0.717) is 23.6 Å². The molecule has 0 radical (unpaired) electrons. The first kappa shape index (κ1) is 23.4. The molecule has 8 nitrogen and oxygen atoms in total. The molecule has 3 N–H and O–H groups in total. The summed E-state index contributed by atoms with van der Waals surface area (Å²) in [5.41, 5.74) is 1.62. The molecular formula is C24H32N4O4S. The fraction of sp³-hybridized carbons (Fsp3) is 0.458. The molecular weight excluding hydrogens is 440 g/mol. The quantitative estimate of drug-likeness (QED) is 0.546. The van der Waals surface area contributed by atoms with Crippen molar-refractivity contribution in [1.29, 1.82) is 0 Å². The lowest BCUT2D eigenvalue weighted by Gasteiger charge is -2.31. The van der Waals surface area contributed by atoms with E-state index >= 15 is 0 Å². The second-order valence-electron chi connectivity index (χ2n) is 8.43. The molecule has 1 aliphatic carbocycles. The number of benzene rings is 2. The summed E-state index contributed by atoms with van der Waals surface area (Å²) in [7, 11) is -3.85. The Kier molecular flexibility index (Phi) is 7.39. The minimum absolute atomic E-state index is 0.137. The number of piperazine rings is 1. The predicted molar refractivity (Wildman–Crippen MR) is 130 cm³/mol. The van der Waals surface area contributed by atoms with Crippen LogP contribution in [-0.4, -0.2) is 53.2 Å². The summed E-state index contributed by atoms with van der Waals surface area (Å²) in [5.74, 6) is 0.443. The normalized spacial score (nSPS) is 17.1. The number of nitrogens with zero attached hydrogens (tertiary/aromatic N) is 1. The number of ether oxygens (including phenoxy) is 1. The zero-order chi connectivity index (χ0) is 23.3. The van der Waals surface area contributed by atoms with E-state index in [4.69, 9.17) is 4.74 Å². The topological polar surface area (TPSA) is 99.8 Å². The Morgan fingerprint density at radius 3 is 2.45 bits per heavy atom. The zero-order valence-electron chi connectivity index (χ0n) is 19.0. The van der Waals surface area contributed by atoms with Crippen LogP contribution in [0.3, 0.4) is 0 Å². The van der Waals surface area contributed by atoms with Gasteiger partial charge in [-0.3, -0.25) is 9.52 Å². The fourth-order valence-corrected chi connectivity index (χ4v) is 5.43. The number of anilines is 2. The molecule has 1 amide bonds. The molecule has 2 aromatic carbocycles. The third-order valence-electron chi connectivity index (χ3n) is 6.10. The minimum atomic E-state index is -3.85. The van der Waals surface area contributed by atoms with E-state index in [2.05, 4.69) is 20.3 Å². The third kappa shape index (κ3) is 5.78. The summed E-state index contributed by atoms with van der Waals surface area (Å²) >= 11 is 0. The van der Waals surface area contributed by atoms with Crippen LogP contribution < -0.4 is 25.0 Å². The highest BCUT2D eigenvalue weighted by Gasteiger charge is 2.23. The van der Waals surface area contributed by atoms with Crippen LogP contribution in [0.5, 0.6) is 5.75 Å². The standard InChI is InChI=1S/C24H32N4O4S/c1-2-32-20-8-10-21(11-9-20)33(30,31)27-22-17-18(24(29)26-19-5-3-4-6-19)7-12-23(22)28-15-13-25-14-16-28/h7-12,17,19,25,27H,2-6,13-16H2,1H3,(H,26,29). The molecule has 178 valence electrons. The highest BCUT2D eigenvalue weighted by Crippen LogP contribution is 2.30. The van der Waals surface area contributed by atoms with Crippen LogP contribution in [0.2, 0.25) is 0 Å². The fourth-order valence-electron chi connectivity index (χ4n) is 4.36. The first-order valence-electron chi connectivity index (χ1n) is 11.6. The van der Waals surface area contributed by atoms with Crippen molar-refractivity contribution < 1.29 is 17.9 Å². The summed E-state index contributed by atoms with van der Waals surface area (Å²) < 4.78 is 34.5. The molecule has 1 heterocycles. The van der Waals surface area contributed by atoms with Gasteiger partial charge >= 0.3 is 0 Å². The zero-order valence-corrected chi connectivity index (χ0v) is 19.8. The first-order valence-corrected chi connectivity index (χ1v) is 13.1. The first-order chi connectivity index (χ1) is 16.0. The highest BCUT2D eigenvalue weighted by molar-refractivity contribution is 7.92. The third-order valence-corrected chi connectivity index (χ3v) is 7.48. The molecule has 9 heteroatoms. The molecule has 1 saturated carbocycles. The molecule has 2 aliphatic rings. The Morgan fingerprint density at radius 2 is 1.79 bits per heavy atom. The van der Waals surface area contributed by atoms with Crippen LogP contribution in [-0.2, 0) is 10.0 Å². The summed E-state index contributed by atoms with van der Waals surface area (Å²) in [6, 6.07) is 11.8. The van der Waals surface area contributed by atoms with E-state index in [1.807, 2.05) is 13.0 Å². The summed E-state index contributed by atoms with van der Waals surface area (Å²) in [5, 5.41) is 6.39. The van der Waals surface area contributed by atoms with E-state index in [1.165, 1.54) is 12.1 Å². The van der Waals surface area contributed by atoms with Crippen molar-refractivity contribution in [2.24, 2.45) is 0 Å². The maximum atomic E-state index is 13.2. The van der Waals surface area contributed by atoms with Gasteiger partial charge in [0.05, 0.1) is 22.9 Å². The van der Waals surface area contributed by atoms with Gasteiger partial charge in [-0.1, -0.05) is 12.8 Å². The largest absolute Gasteiger partial charge is 0.494 e. The van der Waals surface area contributed by atoms with Crippen molar-refractivity contribution in [3.05, 3.63) is 48.0 Å². The maximum Gasteiger partial charge on any atom is 0.261 e. The van der Waals surface area contributed by atoms with Crippen molar-refractivity contribution in [1.82, 2.24) is 10.6 Å². The SMILES string of the molecule is CCOc1ccc(S(=O)(=O)Nc2cc(C(=O)NC3CCCC3)ccc2N2CCNCC2)cc1. The van der Waals surface area contributed by atoms with Gasteiger partial charge in [0.1, 0.15) is 5.75 Å². The highest BCUT2D eigenvalue weighted by atomic mass is 32.2. The van der Waals surface area contributed by atoms with Gasteiger partial charge in [-0.25, -0.2) is 8.42 Å². The average molecular weight is 473 g/mol. The van der Waals surface area contributed by atoms with E-state index in [9.17, 15) is 13.2 Å². The number of amides is 1. The summed E-state index contributed by atoms with van der Waals surface area (Å²) in [4.78, 5) is 15.1. The number of carbonyl (C=O) groups excluding carboxylic acids is 1. The Balaban J connectivity index is 1.61. The van der Waals surface area contributed by atoms with Gasteiger partial charge < -0.3 is 20.3 Å². The van der Waals surface area contributed by atoms with E-state index in [0.717, 1.165) is 57.5 Å². The Hall–Kier alpha value is -2.78. The van der Waals surface area contributed by atoms with Crippen molar-refractivity contribution in [2.45, 2.75) is 43.5 Å². The Bertz CT molecular complexity index is 1060. The smallest absolute Gasteiger partial charge is 0.261 e. The molecule has 2 fully saturated rings. The van der Waals surface area contributed by atoms with Gasteiger partial charge in [-0.2, -0.15) is 0 Å².